The first-order valence-corrected chi connectivity index (χ1v) is 3.50. The molecule has 0 fully saturated rings. The van der Waals surface area contributed by atoms with Crippen molar-refractivity contribution >= 4 is 9.24 Å². The fourth-order valence-corrected chi connectivity index (χ4v) is 0.734. The molecule has 0 aliphatic heterocycles. The highest BCUT2D eigenvalue weighted by Crippen LogP contribution is 2.17. The summed E-state index contributed by atoms with van der Waals surface area (Å²) in [6, 6.07) is 3.85. The molecule has 0 saturated heterocycles. The minimum absolute atomic E-state index is 0.402. The van der Waals surface area contributed by atoms with E-state index in [1.807, 2.05) is 12.1 Å². The van der Waals surface area contributed by atoms with Crippen molar-refractivity contribution < 1.29 is 0 Å². The van der Waals surface area contributed by atoms with Crippen LogP contribution < -0.4 is 0 Å². The second-order valence-electron chi connectivity index (χ2n) is 1.94. The van der Waals surface area contributed by atoms with Gasteiger partial charge in [-0.25, -0.2) is 0 Å². The molecule has 0 aromatic carbocycles. The summed E-state index contributed by atoms with van der Waals surface area (Å²) in [5, 5.41) is 7.65. The van der Waals surface area contributed by atoms with Gasteiger partial charge in [0, 0.05) is 11.9 Å². The molecule has 0 aliphatic rings. The van der Waals surface area contributed by atoms with Gasteiger partial charge in [-0.05, 0) is 12.1 Å². The molecular formula is C6H9N2P. The van der Waals surface area contributed by atoms with E-state index in [9.17, 15) is 0 Å². The fraction of sp³-hybridized carbons (Fsp3) is 0.333. The molecule has 0 saturated carbocycles. The normalized spacial score (nSPS) is 13.1. The highest BCUT2D eigenvalue weighted by molar-refractivity contribution is 7.17. The summed E-state index contributed by atoms with van der Waals surface area (Å²) in [4.78, 5) is 0. The van der Waals surface area contributed by atoms with E-state index < -0.39 is 0 Å². The average Bonchev–Trinajstić information content (AvgIpc) is 1.90. The van der Waals surface area contributed by atoms with Gasteiger partial charge in [-0.3, -0.25) is 0 Å². The third-order valence-electron chi connectivity index (χ3n) is 1.06. The quantitative estimate of drug-likeness (QED) is 0.551. The van der Waals surface area contributed by atoms with Crippen LogP contribution in [0.4, 0.5) is 0 Å². The summed E-state index contributed by atoms with van der Waals surface area (Å²) in [6.45, 7) is 2.06. The second kappa shape index (κ2) is 2.88. The van der Waals surface area contributed by atoms with Crippen molar-refractivity contribution in [1.82, 2.24) is 10.2 Å². The maximum Gasteiger partial charge on any atom is 0.0696 e. The van der Waals surface area contributed by atoms with Crippen LogP contribution in [0.15, 0.2) is 18.3 Å². The largest absolute Gasteiger partial charge is 0.159 e. The predicted octanol–water partition coefficient (Wildman–Crippen LogP) is 1.41. The smallest absolute Gasteiger partial charge is 0.0696 e. The van der Waals surface area contributed by atoms with Crippen LogP contribution in [0.1, 0.15) is 18.3 Å². The predicted molar refractivity (Wildman–Crippen MR) is 40.2 cm³/mol. The van der Waals surface area contributed by atoms with Crippen molar-refractivity contribution in [2.24, 2.45) is 0 Å². The molecule has 2 atom stereocenters. The van der Waals surface area contributed by atoms with E-state index in [4.69, 9.17) is 0 Å². The molecule has 1 unspecified atom stereocenters. The molecule has 0 bridgehead atoms. The van der Waals surface area contributed by atoms with Gasteiger partial charge in [0.15, 0.2) is 0 Å². The first-order chi connectivity index (χ1) is 4.30. The Morgan fingerprint density at radius 1 is 1.67 bits per heavy atom. The molecule has 0 N–H and O–H groups in total. The molecular weight excluding hydrogens is 131 g/mol. The SMILES string of the molecule is C[C@@H](P)c1cccnn1. The minimum atomic E-state index is 0.402. The van der Waals surface area contributed by atoms with E-state index in [1.54, 1.807) is 6.20 Å². The van der Waals surface area contributed by atoms with E-state index in [-0.39, 0.29) is 0 Å². The van der Waals surface area contributed by atoms with Crippen LogP contribution in [-0.4, -0.2) is 10.2 Å². The third kappa shape index (κ3) is 1.72. The monoisotopic (exact) mass is 140 g/mol. The van der Waals surface area contributed by atoms with Crippen LogP contribution in [0.3, 0.4) is 0 Å². The highest BCUT2D eigenvalue weighted by atomic mass is 31.0. The Kier molecular flexibility index (Phi) is 2.12. The lowest BCUT2D eigenvalue weighted by molar-refractivity contribution is 0.906. The molecule has 9 heavy (non-hydrogen) atoms. The van der Waals surface area contributed by atoms with Gasteiger partial charge in [0.2, 0.25) is 0 Å². The Morgan fingerprint density at radius 3 is 2.78 bits per heavy atom. The number of aromatic nitrogens is 2. The summed E-state index contributed by atoms with van der Waals surface area (Å²) < 4.78 is 0. The zero-order chi connectivity index (χ0) is 6.69. The van der Waals surface area contributed by atoms with Gasteiger partial charge in [0.1, 0.15) is 0 Å². The van der Waals surface area contributed by atoms with Gasteiger partial charge in [-0.15, -0.1) is 9.24 Å². The maximum atomic E-state index is 3.91. The lowest BCUT2D eigenvalue weighted by Crippen LogP contribution is -1.89. The van der Waals surface area contributed by atoms with Gasteiger partial charge in [0.05, 0.1) is 5.69 Å². The van der Waals surface area contributed by atoms with Crippen LogP contribution in [0.2, 0.25) is 0 Å². The van der Waals surface area contributed by atoms with Crippen LogP contribution in [0, 0.1) is 0 Å². The van der Waals surface area contributed by atoms with E-state index in [2.05, 4.69) is 26.4 Å². The minimum Gasteiger partial charge on any atom is -0.159 e. The molecule has 0 spiro atoms. The fourth-order valence-electron chi connectivity index (χ4n) is 0.556. The van der Waals surface area contributed by atoms with Crippen LogP contribution in [0.25, 0.3) is 0 Å². The molecule has 1 rings (SSSR count). The second-order valence-corrected chi connectivity index (χ2v) is 2.94. The van der Waals surface area contributed by atoms with E-state index in [0.717, 1.165) is 5.69 Å². The third-order valence-corrected chi connectivity index (χ3v) is 1.40. The van der Waals surface area contributed by atoms with Crippen molar-refractivity contribution in [2.75, 3.05) is 0 Å². The van der Waals surface area contributed by atoms with Gasteiger partial charge in [0.25, 0.3) is 0 Å². The Labute approximate surface area is 56.9 Å². The molecule has 48 valence electrons. The summed E-state index contributed by atoms with van der Waals surface area (Å²) >= 11 is 0. The number of rotatable bonds is 1. The van der Waals surface area contributed by atoms with Gasteiger partial charge in [-0.2, -0.15) is 10.2 Å². The number of nitrogens with zero attached hydrogens (tertiary/aromatic N) is 2. The van der Waals surface area contributed by atoms with Crippen molar-refractivity contribution in [1.29, 1.82) is 0 Å². The van der Waals surface area contributed by atoms with Crippen molar-refractivity contribution in [3.05, 3.63) is 24.0 Å². The van der Waals surface area contributed by atoms with Crippen LogP contribution >= 0.6 is 9.24 Å². The van der Waals surface area contributed by atoms with Crippen LogP contribution in [0.5, 0.6) is 0 Å². The molecule has 3 heteroatoms. The Morgan fingerprint density at radius 2 is 2.44 bits per heavy atom. The molecule has 0 aliphatic carbocycles. The van der Waals surface area contributed by atoms with E-state index in [0.29, 0.717) is 5.66 Å². The van der Waals surface area contributed by atoms with E-state index >= 15 is 0 Å². The van der Waals surface area contributed by atoms with Crippen molar-refractivity contribution in [2.45, 2.75) is 12.6 Å². The lowest BCUT2D eigenvalue weighted by Gasteiger charge is -1.98. The molecule has 1 heterocycles. The van der Waals surface area contributed by atoms with Gasteiger partial charge >= 0.3 is 0 Å². The highest BCUT2D eigenvalue weighted by Gasteiger charge is 1.96. The van der Waals surface area contributed by atoms with Crippen molar-refractivity contribution in [3.63, 3.8) is 0 Å². The standard InChI is InChI=1S/C6H9N2P/c1-5(9)6-3-2-4-7-8-6/h2-5H,9H2,1H3/t5-/m1/s1. The first kappa shape index (κ1) is 6.63. The summed E-state index contributed by atoms with van der Waals surface area (Å²) in [5.74, 6) is 0. The zero-order valence-electron chi connectivity index (χ0n) is 5.28. The lowest BCUT2D eigenvalue weighted by atomic mass is 10.3. The Hall–Kier alpha value is -0.490. The first-order valence-electron chi connectivity index (χ1n) is 2.84. The molecule has 0 radical (unpaired) electrons. The van der Waals surface area contributed by atoms with Crippen molar-refractivity contribution in [3.8, 4) is 0 Å². The Bertz CT molecular complexity index is 174. The summed E-state index contributed by atoms with van der Waals surface area (Å²) in [6.07, 6.45) is 1.68. The van der Waals surface area contributed by atoms with E-state index in [1.165, 1.54) is 0 Å². The maximum absolute atomic E-state index is 3.91. The average molecular weight is 140 g/mol. The molecule has 0 amide bonds. The number of hydrogen-bond acceptors (Lipinski definition) is 2. The number of hydrogen-bond donors (Lipinski definition) is 0. The molecule has 1 aromatic heterocycles. The Balaban J connectivity index is 2.85. The summed E-state index contributed by atoms with van der Waals surface area (Å²) in [7, 11) is 2.67. The van der Waals surface area contributed by atoms with Gasteiger partial charge in [-0.1, -0.05) is 6.92 Å². The molecule has 1 aromatic rings. The topological polar surface area (TPSA) is 25.8 Å². The van der Waals surface area contributed by atoms with Crippen LogP contribution in [-0.2, 0) is 0 Å². The van der Waals surface area contributed by atoms with Gasteiger partial charge < -0.3 is 0 Å². The summed E-state index contributed by atoms with van der Waals surface area (Å²) in [5.41, 5.74) is 1.42. The zero-order valence-corrected chi connectivity index (χ0v) is 6.44. The molecule has 2 nitrogen and oxygen atoms in total.